The minimum atomic E-state index is -2.87. The number of unbranched alkanes of at least 4 members (excludes halogenated alkanes) is 1. The maximum atomic E-state index is 11.4. The SMILES string of the molecule is CN=C(NCCCCNc1ccccn1)NC1CCS(=O)(=O)C1.I. The van der Waals surface area contributed by atoms with Gasteiger partial charge in [0.2, 0.25) is 0 Å². The number of pyridine rings is 1. The highest BCUT2D eigenvalue weighted by molar-refractivity contribution is 14.0. The van der Waals surface area contributed by atoms with Crippen LogP contribution in [-0.4, -0.2) is 57.0 Å². The summed E-state index contributed by atoms with van der Waals surface area (Å²) in [4.78, 5) is 8.34. The quantitative estimate of drug-likeness (QED) is 0.242. The molecular formula is C15H26IN5O2S. The fourth-order valence-electron chi connectivity index (χ4n) is 2.44. The molecule has 3 N–H and O–H groups in total. The summed E-state index contributed by atoms with van der Waals surface area (Å²) in [6, 6.07) is 5.76. The van der Waals surface area contributed by atoms with Gasteiger partial charge in [-0.1, -0.05) is 6.07 Å². The van der Waals surface area contributed by atoms with E-state index in [0.717, 1.165) is 31.7 Å². The molecule has 0 amide bonds. The molecular weight excluding hydrogens is 441 g/mol. The lowest BCUT2D eigenvalue weighted by Crippen LogP contribution is -2.44. The number of nitrogens with zero attached hydrogens (tertiary/aromatic N) is 2. The van der Waals surface area contributed by atoms with Crippen LogP contribution in [0.25, 0.3) is 0 Å². The Labute approximate surface area is 161 Å². The van der Waals surface area contributed by atoms with Crippen molar-refractivity contribution in [2.24, 2.45) is 4.99 Å². The Kier molecular flexibility index (Phi) is 9.34. The van der Waals surface area contributed by atoms with Crippen molar-refractivity contribution in [1.82, 2.24) is 15.6 Å². The number of halogens is 1. The zero-order chi connectivity index (χ0) is 16.5. The highest BCUT2D eigenvalue weighted by Gasteiger charge is 2.28. The van der Waals surface area contributed by atoms with Gasteiger partial charge < -0.3 is 16.0 Å². The van der Waals surface area contributed by atoms with Gasteiger partial charge in [-0.15, -0.1) is 24.0 Å². The Bertz CT molecular complexity index is 610. The van der Waals surface area contributed by atoms with Crippen LogP contribution in [0.2, 0.25) is 0 Å². The summed E-state index contributed by atoms with van der Waals surface area (Å²) >= 11 is 0. The zero-order valence-electron chi connectivity index (χ0n) is 13.9. The molecule has 1 aromatic rings. The topological polar surface area (TPSA) is 95.5 Å². The van der Waals surface area contributed by atoms with Crippen molar-refractivity contribution in [3.63, 3.8) is 0 Å². The first kappa shape index (κ1) is 20.9. The molecule has 0 aromatic carbocycles. The number of aliphatic imine (C=N–C) groups is 1. The molecule has 24 heavy (non-hydrogen) atoms. The predicted octanol–water partition coefficient (Wildman–Crippen LogP) is 1.24. The molecule has 1 saturated heterocycles. The molecule has 9 heteroatoms. The smallest absolute Gasteiger partial charge is 0.191 e. The maximum absolute atomic E-state index is 11.4. The number of rotatable bonds is 7. The van der Waals surface area contributed by atoms with Crippen LogP contribution in [0, 0.1) is 0 Å². The first-order valence-corrected chi connectivity index (χ1v) is 9.74. The molecule has 0 saturated carbocycles. The second-order valence-corrected chi connectivity index (χ2v) is 7.82. The first-order valence-electron chi connectivity index (χ1n) is 7.91. The molecule has 7 nitrogen and oxygen atoms in total. The van der Waals surface area contributed by atoms with Crippen LogP contribution in [0.1, 0.15) is 19.3 Å². The maximum Gasteiger partial charge on any atom is 0.191 e. The standard InChI is InChI=1S/C15H25N5O2S.HI/c1-16-15(20-13-7-11-23(21,22)12-13)19-10-5-4-9-18-14-6-2-3-8-17-14;/h2-3,6,8,13H,4-5,7,9-12H2,1H3,(H,17,18)(H2,16,19,20);1H. The van der Waals surface area contributed by atoms with Crippen molar-refractivity contribution in [3.05, 3.63) is 24.4 Å². The van der Waals surface area contributed by atoms with Crippen molar-refractivity contribution in [2.75, 3.05) is 37.0 Å². The van der Waals surface area contributed by atoms with Crippen LogP contribution in [-0.2, 0) is 9.84 Å². The Hall–Kier alpha value is -1.10. The molecule has 2 heterocycles. The van der Waals surface area contributed by atoms with Crippen molar-refractivity contribution in [1.29, 1.82) is 0 Å². The Morgan fingerprint density at radius 3 is 2.75 bits per heavy atom. The van der Waals surface area contributed by atoms with E-state index in [-0.39, 0.29) is 41.5 Å². The molecule has 1 aromatic heterocycles. The van der Waals surface area contributed by atoms with E-state index in [4.69, 9.17) is 0 Å². The van der Waals surface area contributed by atoms with Crippen molar-refractivity contribution in [2.45, 2.75) is 25.3 Å². The lowest BCUT2D eigenvalue weighted by atomic mass is 10.3. The second kappa shape index (κ2) is 10.7. The van der Waals surface area contributed by atoms with Crippen LogP contribution in [0.5, 0.6) is 0 Å². The Balaban J connectivity index is 0.00000288. The third kappa shape index (κ3) is 7.65. The number of hydrogen-bond donors (Lipinski definition) is 3. The lowest BCUT2D eigenvalue weighted by molar-refractivity contribution is 0.599. The molecule has 0 spiro atoms. The van der Waals surface area contributed by atoms with Gasteiger partial charge in [-0.25, -0.2) is 13.4 Å². The fourth-order valence-corrected chi connectivity index (χ4v) is 4.11. The highest BCUT2D eigenvalue weighted by atomic mass is 127. The van der Waals surface area contributed by atoms with Crippen molar-refractivity contribution in [3.8, 4) is 0 Å². The number of sulfone groups is 1. The van der Waals surface area contributed by atoms with E-state index in [1.54, 1.807) is 13.2 Å². The monoisotopic (exact) mass is 467 g/mol. The molecule has 136 valence electrons. The number of guanidine groups is 1. The third-order valence-corrected chi connectivity index (χ3v) is 5.43. The molecule has 1 atom stereocenters. The lowest BCUT2D eigenvalue weighted by Gasteiger charge is -2.16. The summed E-state index contributed by atoms with van der Waals surface area (Å²) in [6.07, 6.45) is 4.42. The molecule has 0 aliphatic carbocycles. The van der Waals surface area contributed by atoms with E-state index in [2.05, 4.69) is 25.9 Å². The van der Waals surface area contributed by atoms with Crippen LogP contribution < -0.4 is 16.0 Å². The van der Waals surface area contributed by atoms with Gasteiger partial charge in [0, 0.05) is 32.4 Å². The normalized spacial score (nSPS) is 19.4. The molecule has 1 aliphatic rings. The van der Waals surface area contributed by atoms with Gasteiger partial charge in [0.1, 0.15) is 5.82 Å². The molecule has 1 unspecified atom stereocenters. The van der Waals surface area contributed by atoms with Gasteiger partial charge in [0.05, 0.1) is 11.5 Å². The number of aromatic nitrogens is 1. The van der Waals surface area contributed by atoms with E-state index in [0.29, 0.717) is 12.4 Å². The van der Waals surface area contributed by atoms with Gasteiger partial charge in [0.25, 0.3) is 0 Å². The summed E-state index contributed by atoms with van der Waals surface area (Å²) in [5, 5.41) is 9.66. The Morgan fingerprint density at radius 1 is 1.33 bits per heavy atom. The summed E-state index contributed by atoms with van der Waals surface area (Å²) in [5.41, 5.74) is 0. The summed E-state index contributed by atoms with van der Waals surface area (Å²) in [6.45, 7) is 1.66. The van der Waals surface area contributed by atoms with Gasteiger partial charge >= 0.3 is 0 Å². The molecule has 0 bridgehead atoms. The van der Waals surface area contributed by atoms with E-state index in [1.165, 1.54) is 0 Å². The van der Waals surface area contributed by atoms with Gasteiger partial charge in [-0.05, 0) is 31.4 Å². The largest absolute Gasteiger partial charge is 0.370 e. The number of anilines is 1. The van der Waals surface area contributed by atoms with Crippen LogP contribution in [0.4, 0.5) is 5.82 Å². The molecule has 2 rings (SSSR count). The summed E-state index contributed by atoms with van der Waals surface area (Å²) in [7, 11) is -1.17. The average Bonchev–Trinajstić information content (AvgIpc) is 2.89. The van der Waals surface area contributed by atoms with Crippen molar-refractivity contribution < 1.29 is 8.42 Å². The average molecular weight is 467 g/mol. The van der Waals surface area contributed by atoms with E-state index < -0.39 is 9.84 Å². The molecule has 1 fully saturated rings. The minimum absolute atomic E-state index is 0. The van der Waals surface area contributed by atoms with Crippen LogP contribution in [0.3, 0.4) is 0 Å². The van der Waals surface area contributed by atoms with Gasteiger partial charge in [-0.3, -0.25) is 4.99 Å². The molecule has 0 radical (unpaired) electrons. The van der Waals surface area contributed by atoms with Crippen LogP contribution >= 0.6 is 24.0 Å². The van der Waals surface area contributed by atoms with Crippen LogP contribution in [0.15, 0.2) is 29.4 Å². The van der Waals surface area contributed by atoms with Gasteiger partial charge in [-0.2, -0.15) is 0 Å². The fraction of sp³-hybridized carbons (Fsp3) is 0.600. The summed E-state index contributed by atoms with van der Waals surface area (Å²) < 4.78 is 22.9. The van der Waals surface area contributed by atoms with E-state index >= 15 is 0 Å². The minimum Gasteiger partial charge on any atom is -0.370 e. The third-order valence-electron chi connectivity index (χ3n) is 3.66. The molecule has 1 aliphatic heterocycles. The highest BCUT2D eigenvalue weighted by Crippen LogP contribution is 2.10. The van der Waals surface area contributed by atoms with Gasteiger partial charge in [0.15, 0.2) is 15.8 Å². The summed E-state index contributed by atoms with van der Waals surface area (Å²) in [5.74, 6) is 2.02. The second-order valence-electron chi connectivity index (χ2n) is 5.59. The Morgan fingerprint density at radius 2 is 2.12 bits per heavy atom. The number of nitrogens with one attached hydrogen (secondary N) is 3. The zero-order valence-corrected chi connectivity index (χ0v) is 17.0. The van der Waals surface area contributed by atoms with Crippen molar-refractivity contribution >= 4 is 45.6 Å². The number of hydrogen-bond acceptors (Lipinski definition) is 5. The predicted molar refractivity (Wildman–Crippen MR) is 109 cm³/mol. The van der Waals surface area contributed by atoms with E-state index in [1.807, 2.05) is 18.2 Å². The first-order chi connectivity index (χ1) is 11.1. The van der Waals surface area contributed by atoms with E-state index in [9.17, 15) is 8.42 Å².